The van der Waals surface area contributed by atoms with Crippen LogP contribution in [0.4, 0.5) is 4.39 Å². The second-order valence-corrected chi connectivity index (χ2v) is 6.92. The Kier molecular flexibility index (Phi) is 3.89. The zero-order chi connectivity index (χ0) is 13.3. The highest BCUT2D eigenvalue weighted by Crippen LogP contribution is 2.32. The maximum Gasteiger partial charge on any atom is 0.243 e. The molecule has 0 spiro atoms. The number of rotatable bonds is 5. The summed E-state index contributed by atoms with van der Waals surface area (Å²) < 4.78 is 39.8. The summed E-state index contributed by atoms with van der Waals surface area (Å²) in [7, 11) is -3.64. The molecule has 1 fully saturated rings. The highest BCUT2D eigenvalue weighted by atomic mass is 79.9. The van der Waals surface area contributed by atoms with E-state index in [9.17, 15) is 12.8 Å². The van der Waals surface area contributed by atoms with E-state index in [4.69, 9.17) is 0 Å². The molecule has 1 saturated carbocycles. The van der Waals surface area contributed by atoms with Gasteiger partial charge in [-0.2, -0.15) is 4.31 Å². The summed E-state index contributed by atoms with van der Waals surface area (Å²) in [4.78, 5) is -0.0167. The van der Waals surface area contributed by atoms with Crippen LogP contribution < -0.4 is 0 Å². The molecule has 0 bridgehead atoms. The van der Waals surface area contributed by atoms with Gasteiger partial charge in [-0.1, -0.05) is 6.08 Å². The van der Waals surface area contributed by atoms with Gasteiger partial charge in [-0.25, -0.2) is 12.8 Å². The minimum absolute atomic E-state index is 0.0167. The van der Waals surface area contributed by atoms with Gasteiger partial charge in [0.1, 0.15) is 5.82 Å². The Morgan fingerprint density at radius 1 is 1.50 bits per heavy atom. The van der Waals surface area contributed by atoms with E-state index in [1.54, 1.807) is 6.08 Å². The van der Waals surface area contributed by atoms with Crippen molar-refractivity contribution < 1.29 is 12.8 Å². The van der Waals surface area contributed by atoms with Crippen LogP contribution in [0.3, 0.4) is 0 Å². The lowest BCUT2D eigenvalue weighted by molar-refractivity contribution is 0.435. The zero-order valence-corrected chi connectivity index (χ0v) is 12.0. The van der Waals surface area contributed by atoms with Gasteiger partial charge < -0.3 is 0 Å². The van der Waals surface area contributed by atoms with Crippen molar-refractivity contribution in [2.75, 3.05) is 6.54 Å². The fourth-order valence-electron chi connectivity index (χ4n) is 1.71. The van der Waals surface area contributed by atoms with Crippen molar-refractivity contribution in [2.45, 2.75) is 23.8 Å². The molecule has 0 N–H and O–H groups in total. The molecule has 98 valence electrons. The van der Waals surface area contributed by atoms with E-state index < -0.39 is 15.8 Å². The molecule has 2 rings (SSSR count). The monoisotopic (exact) mass is 333 g/mol. The summed E-state index contributed by atoms with van der Waals surface area (Å²) in [5, 5.41) is 0. The second-order valence-electron chi connectivity index (χ2n) is 4.17. The molecule has 1 aromatic rings. The highest BCUT2D eigenvalue weighted by Gasteiger charge is 2.37. The number of nitrogens with zero attached hydrogens (tertiary/aromatic N) is 1. The first-order chi connectivity index (χ1) is 8.46. The molecule has 0 aromatic heterocycles. The molecule has 0 unspecified atom stereocenters. The molecule has 3 nitrogen and oxygen atoms in total. The van der Waals surface area contributed by atoms with Crippen LogP contribution in [0.15, 0.2) is 40.2 Å². The second kappa shape index (κ2) is 5.11. The fourth-order valence-corrected chi connectivity index (χ4v) is 3.62. The quantitative estimate of drug-likeness (QED) is 0.777. The molecule has 0 saturated heterocycles. The summed E-state index contributed by atoms with van der Waals surface area (Å²) in [6, 6.07) is 3.87. The Labute approximate surface area is 114 Å². The van der Waals surface area contributed by atoms with Crippen molar-refractivity contribution in [3.63, 3.8) is 0 Å². The van der Waals surface area contributed by atoms with Gasteiger partial charge in [0.15, 0.2) is 0 Å². The number of halogens is 2. The lowest BCUT2D eigenvalue weighted by Crippen LogP contribution is -2.33. The van der Waals surface area contributed by atoms with Crippen molar-refractivity contribution in [1.29, 1.82) is 0 Å². The maximum atomic E-state index is 13.4. The predicted octanol–water partition coefficient (Wildman–Crippen LogP) is 2.93. The highest BCUT2D eigenvalue weighted by molar-refractivity contribution is 9.10. The van der Waals surface area contributed by atoms with E-state index in [-0.39, 0.29) is 22.0 Å². The molecule has 0 amide bonds. The predicted molar refractivity (Wildman–Crippen MR) is 71.2 cm³/mol. The molecule has 1 aromatic carbocycles. The van der Waals surface area contributed by atoms with E-state index in [1.165, 1.54) is 16.4 Å². The average Bonchev–Trinajstić information content (AvgIpc) is 3.13. The van der Waals surface area contributed by atoms with Gasteiger partial charge in [0.05, 0.1) is 9.37 Å². The third-order valence-corrected chi connectivity index (χ3v) is 5.32. The Morgan fingerprint density at radius 2 is 2.17 bits per heavy atom. The minimum Gasteiger partial charge on any atom is -0.207 e. The lowest BCUT2D eigenvalue weighted by Gasteiger charge is -2.20. The largest absolute Gasteiger partial charge is 0.243 e. The van der Waals surface area contributed by atoms with Gasteiger partial charge in [-0.15, -0.1) is 6.58 Å². The Bertz CT molecular complexity index is 569. The van der Waals surface area contributed by atoms with E-state index in [0.717, 1.165) is 18.9 Å². The average molecular weight is 334 g/mol. The normalized spacial score (nSPS) is 15.9. The van der Waals surface area contributed by atoms with Crippen LogP contribution in [0.1, 0.15) is 12.8 Å². The molecular formula is C12H13BrFNO2S. The van der Waals surface area contributed by atoms with Crippen molar-refractivity contribution >= 4 is 26.0 Å². The van der Waals surface area contributed by atoms with Crippen LogP contribution in [0, 0.1) is 5.82 Å². The van der Waals surface area contributed by atoms with Crippen LogP contribution >= 0.6 is 15.9 Å². The zero-order valence-electron chi connectivity index (χ0n) is 9.64. The summed E-state index contributed by atoms with van der Waals surface area (Å²) in [6.45, 7) is 3.82. The molecule has 0 radical (unpaired) electrons. The first-order valence-corrected chi connectivity index (χ1v) is 7.78. The van der Waals surface area contributed by atoms with Crippen molar-refractivity contribution in [2.24, 2.45) is 0 Å². The Balaban J connectivity index is 2.39. The van der Waals surface area contributed by atoms with Crippen molar-refractivity contribution in [3.05, 3.63) is 41.1 Å². The SMILES string of the molecule is C=CCN(C1CC1)S(=O)(=O)c1ccc(Br)c(F)c1. The Morgan fingerprint density at radius 3 is 2.67 bits per heavy atom. The van der Waals surface area contributed by atoms with Gasteiger partial charge in [0.25, 0.3) is 0 Å². The minimum atomic E-state index is -3.64. The molecule has 0 atom stereocenters. The third kappa shape index (κ3) is 2.65. The Hall–Kier alpha value is -0.720. The summed E-state index contributed by atoms with van der Waals surface area (Å²) in [6.07, 6.45) is 3.25. The fraction of sp³-hybridized carbons (Fsp3) is 0.333. The lowest BCUT2D eigenvalue weighted by atomic mass is 10.3. The van der Waals surface area contributed by atoms with Gasteiger partial charge in [-0.3, -0.25) is 0 Å². The van der Waals surface area contributed by atoms with E-state index in [2.05, 4.69) is 22.5 Å². The first-order valence-electron chi connectivity index (χ1n) is 5.54. The molecule has 0 heterocycles. The molecule has 6 heteroatoms. The van der Waals surface area contributed by atoms with E-state index in [1.807, 2.05) is 0 Å². The summed E-state index contributed by atoms with van der Waals surface area (Å²) >= 11 is 3.01. The maximum absolute atomic E-state index is 13.4. The van der Waals surface area contributed by atoms with Crippen LogP contribution in [0.25, 0.3) is 0 Å². The first kappa shape index (κ1) is 13.7. The van der Waals surface area contributed by atoms with Crippen LogP contribution in [0.5, 0.6) is 0 Å². The molecular weight excluding hydrogens is 321 g/mol. The number of benzene rings is 1. The number of hydrogen-bond acceptors (Lipinski definition) is 2. The van der Waals surface area contributed by atoms with E-state index >= 15 is 0 Å². The topological polar surface area (TPSA) is 37.4 Å². The standard InChI is InChI=1S/C12H13BrFNO2S/c1-2-7-15(9-3-4-9)18(16,17)10-5-6-11(13)12(14)8-10/h2,5-6,8-9H,1,3-4,7H2. The molecule has 1 aliphatic rings. The number of sulfonamides is 1. The van der Waals surface area contributed by atoms with Gasteiger partial charge in [0, 0.05) is 12.6 Å². The third-order valence-electron chi connectivity index (χ3n) is 2.76. The summed E-state index contributed by atoms with van der Waals surface area (Å²) in [5.74, 6) is -0.578. The van der Waals surface area contributed by atoms with Gasteiger partial charge in [0.2, 0.25) is 10.0 Å². The van der Waals surface area contributed by atoms with E-state index in [0.29, 0.717) is 0 Å². The molecule has 1 aliphatic carbocycles. The molecule has 0 aliphatic heterocycles. The number of hydrogen-bond donors (Lipinski definition) is 0. The van der Waals surface area contributed by atoms with Crippen LogP contribution in [-0.4, -0.2) is 25.3 Å². The summed E-state index contributed by atoms with van der Waals surface area (Å²) in [5.41, 5.74) is 0. The molecule has 18 heavy (non-hydrogen) atoms. The van der Waals surface area contributed by atoms with Crippen LogP contribution in [-0.2, 0) is 10.0 Å². The van der Waals surface area contributed by atoms with Crippen molar-refractivity contribution in [1.82, 2.24) is 4.31 Å². The van der Waals surface area contributed by atoms with Crippen molar-refractivity contribution in [3.8, 4) is 0 Å². The van der Waals surface area contributed by atoms with Crippen LogP contribution in [0.2, 0.25) is 0 Å². The smallest absolute Gasteiger partial charge is 0.207 e. The van der Waals surface area contributed by atoms with Gasteiger partial charge >= 0.3 is 0 Å². The van der Waals surface area contributed by atoms with Gasteiger partial charge in [-0.05, 0) is 47.0 Å².